The molecule has 3 N–H and O–H groups in total. The number of hydrogen-bond acceptors (Lipinski definition) is 3. The van der Waals surface area contributed by atoms with Crippen molar-refractivity contribution in [3.8, 4) is 0 Å². The summed E-state index contributed by atoms with van der Waals surface area (Å²) in [5, 5.41) is 14.9. The Kier molecular flexibility index (Phi) is 4.19. The van der Waals surface area contributed by atoms with E-state index in [-0.39, 0.29) is 15.8 Å². The van der Waals surface area contributed by atoms with Crippen LogP contribution in [0.15, 0.2) is 23.1 Å². The number of nitrogens with two attached hydrogens (primary N) is 1. The van der Waals surface area contributed by atoms with Crippen LogP contribution in [-0.4, -0.2) is 19.5 Å². The quantitative estimate of drug-likeness (QED) is 0.865. The molecule has 0 spiro atoms. The molecule has 23 heavy (non-hydrogen) atoms. The van der Waals surface area contributed by atoms with Crippen LogP contribution >= 0.6 is 11.6 Å². The fraction of sp³-hybridized carbons (Fsp3) is 0.562. The number of benzene rings is 1. The number of carboxylic acids is 1. The third-order valence-electron chi connectivity index (χ3n) is 5.37. The summed E-state index contributed by atoms with van der Waals surface area (Å²) < 4.78 is 22.9. The molecule has 1 aromatic rings. The number of carbonyl (C=O) groups is 1. The van der Waals surface area contributed by atoms with E-state index in [2.05, 4.69) is 0 Å². The van der Waals surface area contributed by atoms with E-state index >= 15 is 0 Å². The fourth-order valence-electron chi connectivity index (χ4n) is 4.10. The highest BCUT2D eigenvalue weighted by Crippen LogP contribution is 2.61. The normalized spacial score (nSPS) is 28.5. The first kappa shape index (κ1) is 16.7. The van der Waals surface area contributed by atoms with E-state index in [1.807, 2.05) is 0 Å². The van der Waals surface area contributed by atoms with Gasteiger partial charge in [0.1, 0.15) is 4.90 Å². The Morgan fingerprint density at radius 2 is 1.91 bits per heavy atom. The zero-order valence-corrected chi connectivity index (χ0v) is 14.2. The lowest BCUT2D eigenvalue weighted by Crippen LogP contribution is -2.26. The van der Waals surface area contributed by atoms with Gasteiger partial charge in [0.25, 0.3) is 0 Å². The van der Waals surface area contributed by atoms with Crippen molar-refractivity contribution in [2.45, 2.75) is 48.8 Å². The van der Waals surface area contributed by atoms with Crippen molar-refractivity contribution in [2.24, 2.45) is 17.0 Å². The molecule has 0 aliphatic heterocycles. The Morgan fingerprint density at radius 1 is 1.26 bits per heavy atom. The maximum Gasteiger partial charge on any atom is 0.314 e. The number of sulfonamides is 1. The Balaban J connectivity index is 1.95. The van der Waals surface area contributed by atoms with Gasteiger partial charge >= 0.3 is 5.97 Å². The van der Waals surface area contributed by atoms with Gasteiger partial charge in [0.15, 0.2) is 0 Å². The van der Waals surface area contributed by atoms with Crippen LogP contribution in [0.25, 0.3) is 0 Å². The number of primary sulfonamides is 1. The standard InChI is InChI=1S/C16H20ClNO4S/c17-13-8-11(6-7-14(13)23(18,21)22)16(15(19)20)9-12(16)10-4-2-1-3-5-10/h6-8,10,12H,1-5,9H2,(H,19,20)(H2,18,21,22). The first-order valence-corrected chi connectivity index (χ1v) is 9.75. The zero-order valence-electron chi connectivity index (χ0n) is 12.7. The zero-order chi connectivity index (χ0) is 16.8. The largest absolute Gasteiger partial charge is 0.481 e. The van der Waals surface area contributed by atoms with Gasteiger partial charge in [-0.25, -0.2) is 13.6 Å². The van der Waals surface area contributed by atoms with Gasteiger partial charge in [-0.05, 0) is 36.0 Å². The molecule has 2 aliphatic carbocycles. The van der Waals surface area contributed by atoms with Crippen LogP contribution < -0.4 is 5.14 Å². The van der Waals surface area contributed by atoms with E-state index in [0.29, 0.717) is 17.9 Å². The second-order valence-corrected chi connectivity index (χ2v) is 8.61. The molecule has 2 unspecified atom stereocenters. The van der Waals surface area contributed by atoms with Gasteiger partial charge < -0.3 is 5.11 Å². The van der Waals surface area contributed by atoms with Gasteiger partial charge in [0, 0.05) is 0 Å². The molecule has 0 bridgehead atoms. The smallest absolute Gasteiger partial charge is 0.314 e. The maximum absolute atomic E-state index is 11.9. The van der Waals surface area contributed by atoms with Crippen LogP contribution in [-0.2, 0) is 20.2 Å². The molecule has 2 fully saturated rings. The maximum atomic E-state index is 11.9. The summed E-state index contributed by atoms with van der Waals surface area (Å²) in [6, 6.07) is 4.31. The summed E-state index contributed by atoms with van der Waals surface area (Å²) in [5.74, 6) is -0.319. The average Bonchev–Trinajstić information content (AvgIpc) is 3.23. The molecule has 0 radical (unpaired) electrons. The van der Waals surface area contributed by atoms with Gasteiger partial charge in [-0.2, -0.15) is 0 Å². The molecule has 0 heterocycles. The van der Waals surface area contributed by atoms with E-state index in [1.165, 1.54) is 18.6 Å². The highest BCUT2D eigenvalue weighted by Gasteiger charge is 2.63. The van der Waals surface area contributed by atoms with E-state index < -0.39 is 21.4 Å². The van der Waals surface area contributed by atoms with Crippen molar-refractivity contribution >= 4 is 27.6 Å². The minimum Gasteiger partial charge on any atom is -0.481 e. The van der Waals surface area contributed by atoms with E-state index in [0.717, 1.165) is 25.7 Å². The Hall–Kier alpha value is -1.11. The summed E-state index contributed by atoms with van der Waals surface area (Å²) >= 11 is 6.03. The Bertz CT molecular complexity index is 742. The summed E-state index contributed by atoms with van der Waals surface area (Å²) in [5.41, 5.74) is -0.347. The first-order valence-electron chi connectivity index (χ1n) is 7.83. The summed E-state index contributed by atoms with van der Waals surface area (Å²) in [6.45, 7) is 0. The molecule has 5 nitrogen and oxygen atoms in total. The van der Waals surface area contributed by atoms with Crippen molar-refractivity contribution in [1.82, 2.24) is 0 Å². The third-order valence-corrected chi connectivity index (χ3v) is 6.76. The van der Waals surface area contributed by atoms with Crippen molar-refractivity contribution in [1.29, 1.82) is 0 Å². The Labute approximate surface area is 140 Å². The predicted molar refractivity (Wildman–Crippen MR) is 86.8 cm³/mol. The fourth-order valence-corrected chi connectivity index (χ4v) is 5.20. The van der Waals surface area contributed by atoms with Crippen LogP contribution in [0.3, 0.4) is 0 Å². The molecule has 2 aliphatic rings. The minimum absolute atomic E-state index is 0.0140. The van der Waals surface area contributed by atoms with E-state index in [1.54, 1.807) is 6.07 Å². The highest BCUT2D eigenvalue weighted by atomic mass is 35.5. The van der Waals surface area contributed by atoms with Gasteiger partial charge in [0.05, 0.1) is 10.4 Å². The number of aliphatic carboxylic acids is 1. The molecular formula is C16H20ClNO4S. The minimum atomic E-state index is -3.91. The molecule has 0 amide bonds. The van der Waals surface area contributed by atoms with Gasteiger partial charge in [-0.1, -0.05) is 49.8 Å². The van der Waals surface area contributed by atoms with Crippen molar-refractivity contribution in [3.05, 3.63) is 28.8 Å². The summed E-state index contributed by atoms with van der Waals surface area (Å²) in [4.78, 5) is 11.8. The summed E-state index contributed by atoms with van der Waals surface area (Å²) in [7, 11) is -3.91. The third kappa shape index (κ3) is 2.88. The monoisotopic (exact) mass is 357 g/mol. The lowest BCUT2D eigenvalue weighted by atomic mass is 9.80. The highest BCUT2D eigenvalue weighted by molar-refractivity contribution is 7.89. The molecule has 3 rings (SSSR count). The molecular weight excluding hydrogens is 338 g/mol. The lowest BCUT2D eigenvalue weighted by molar-refractivity contribution is -0.140. The summed E-state index contributed by atoms with van der Waals surface area (Å²) in [6.07, 6.45) is 6.27. The van der Waals surface area contributed by atoms with Crippen LogP contribution in [0.2, 0.25) is 5.02 Å². The number of rotatable bonds is 4. The predicted octanol–water partition coefficient (Wildman–Crippen LogP) is 2.91. The molecule has 7 heteroatoms. The van der Waals surface area contributed by atoms with Gasteiger partial charge in [0.2, 0.25) is 10.0 Å². The average molecular weight is 358 g/mol. The van der Waals surface area contributed by atoms with Crippen LogP contribution in [0, 0.1) is 11.8 Å². The van der Waals surface area contributed by atoms with Crippen LogP contribution in [0.1, 0.15) is 44.1 Å². The second-order valence-electron chi connectivity index (χ2n) is 6.68. The molecule has 0 aromatic heterocycles. The van der Waals surface area contributed by atoms with E-state index in [9.17, 15) is 18.3 Å². The molecule has 1 aromatic carbocycles. The Morgan fingerprint density at radius 3 is 2.43 bits per heavy atom. The SMILES string of the molecule is NS(=O)(=O)c1ccc(C2(C(=O)O)CC2C2CCCCC2)cc1Cl. The van der Waals surface area contributed by atoms with Gasteiger partial charge in [-0.3, -0.25) is 4.79 Å². The number of hydrogen-bond donors (Lipinski definition) is 2. The molecule has 0 saturated heterocycles. The number of halogens is 1. The molecule has 2 saturated carbocycles. The van der Waals surface area contributed by atoms with Crippen molar-refractivity contribution < 1.29 is 18.3 Å². The lowest BCUT2D eigenvalue weighted by Gasteiger charge is -2.24. The van der Waals surface area contributed by atoms with E-state index in [4.69, 9.17) is 16.7 Å². The first-order chi connectivity index (χ1) is 10.8. The molecule has 126 valence electrons. The van der Waals surface area contributed by atoms with Crippen LogP contribution in [0.4, 0.5) is 0 Å². The van der Waals surface area contributed by atoms with Crippen molar-refractivity contribution in [2.75, 3.05) is 0 Å². The van der Waals surface area contributed by atoms with Crippen molar-refractivity contribution in [3.63, 3.8) is 0 Å². The molecule has 2 atom stereocenters. The van der Waals surface area contributed by atoms with Crippen LogP contribution in [0.5, 0.6) is 0 Å². The second kappa shape index (κ2) is 5.76. The van der Waals surface area contributed by atoms with Gasteiger partial charge in [-0.15, -0.1) is 0 Å². The topological polar surface area (TPSA) is 97.5 Å². The number of carboxylic acid groups (broad SMARTS) is 1.